The Kier molecular flexibility index (Phi) is 5.70. The smallest absolute Gasteiger partial charge is 0.318 e. The predicted octanol–water partition coefficient (Wildman–Crippen LogP) is 4.05. The summed E-state index contributed by atoms with van der Waals surface area (Å²) in [7, 11) is 1.38. The lowest BCUT2D eigenvalue weighted by Crippen LogP contribution is -2.35. The Morgan fingerprint density at radius 1 is 1.31 bits per heavy atom. The fraction of sp³-hybridized carbons (Fsp3) is 0.550. The number of hydrogen-bond donors (Lipinski definition) is 0. The van der Waals surface area contributed by atoms with Crippen LogP contribution in [0.4, 0.5) is 0 Å². The second kappa shape index (κ2) is 7.82. The van der Waals surface area contributed by atoms with Crippen molar-refractivity contribution in [3.8, 4) is 0 Å². The molecule has 0 N–H and O–H groups in total. The Balaban J connectivity index is 2.14. The molecule has 4 atom stereocenters. The molecule has 1 aliphatic carbocycles. The van der Waals surface area contributed by atoms with Crippen LogP contribution in [0.2, 0.25) is 0 Å². The number of aromatic nitrogens is 2. The second-order valence-electron chi connectivity index (χ2n) is 7.20. The molecule has 26 heavy (non-hydrogen) atoms. The molecule has 1 saturated carbocycles. The van der Waals surface area contributed by atoms with Gasteiger partial charge in [0.25, 0.3) is 5.56 Å². The van der Waals surface area contributed by atoms with Gasteiger partial charge in [-0.05, 0) is 37.3 Å². The number of fused-ring (bicyclic) bond motifs is 1. The molecule has 0 aliphatic heterocycles. The van der Waals surface area contributed by atoms with Gasteiger partial charge in [0.15, 0.2) is 5.16 Å². The maximum Gasteiger partial charge on any atom is 0.318 e. The molecule has 1 aromatic heterocycles. The summed E-state index contributed by atoms with van der Waals surface area (Å²) < 4.78 is 6.69. The van der Waals surface area contributed by atoms with Crippen molar-refractivity contribution >= 4 is 28.6 Å². The van der Waals surface area contributed by atoms with E-state index < -0.39 is 5.25 Å². The van der Waals surface area contributed by atoms with E-state index in [4.69, 9.17) is 9.72 Å². The molecule has 1 fully saturated rings. The molecule has 3 rings (SSSR count). The molecule has 2 aromatic rings. The predicted molar refractivity (Wildman–Crippen MR) is 105 cm³/mol. The quantitative estimate of drug-likeness (QED) is 0.459. The zero-order chi connectivity index (χ0) is 18.8. The standard InChI is InChI=1S/C20H26N2O3S/c1-12-8-7-11-17(13(12)2)22-18(23)15-9-5-6-10-16(15)21-20(22)26-14(3)19(24)25-4/h5-6,9-10,12-14,17H,7-8,11H2,1-4H3/t12-,13+,14-,17-/m0/s1. The van der Waals surface area contributed by atoms with Gasteiger partial charge in [0, 0.05) is 6.04 Å². The molecule has 6 heteroatoms. The summed E-state index contributed by atoms with van der Waals surface area (Å²) in [6.45, 7) is 6.25. The van der Waals surface area contributed by atoms with Gasteiger partial charge in [-0.15, -0.1) is 0 Å². The van der Waals surface area contributed by atoms with E-state index in [2.05, 4.69) is 13.8 Å². The molecule has 0 saturated heterocycles. The number of ether oxygens (including phenoxy) is 1. The summed E-state index contributed by atoms with van der Waals surface area (Å²) >= 11 is 1.31. The third-order valence-electron chi connectivity index (χ3n) is 5.59. The summed E-state index contributed by atoms with van der Waals surface area (Å²) in [4.78, 5) is 30.0. The van der Waals surface area contributed by atoms with Crippen molar-refractivity contribution < 1.29 is 9.53 Å². The first-order valence-corrected chi connectivity index (χ1v) is 10.1. The van der Waals surface area contributed by atoms with Gasteiger partial charge in [-0.25, -0.2) is 4.98 Å². The summed E-state index contributed by atoms with van der Waals surface area (Å²) in [5.41, 5.74) is 0.658. The molecule has 0 bridgehead atoms. The van der Waals surface area contributed by atoms with Gasteiger partial charge in [-0.2, -0.15) is 0 Å². The van der Waals surface area contributed by atoms with Crippen LogP contribution in [-0.2, 0) is 9.53 Å². The third kappa shape index (κ3) is 3.52. The van der Waals surface area contributed by atoms with Crippen molar-refractivity contribution in [3.63, 3.8) is 0 Å². The Hall–Kier alpha value is -1.82. The number of para-hydroxylation sites is 1. The highest BCUT2D eigenvalue weighted by molar-refractivity contribution is 8.00. The number of carbonyl (C=O) groups is 1. The number of thioether (sulfide) groups is 1. The van der Waals surface area contributed by atoms with E-state index in [9.17, 15) is 9.59 Å². The first kappa shape index (κ1) is 19.0. The van der Waals surface area contributed by atoms with Crippen LogP contribution >= 0.6 is 11.8 Å². The Morgan fingerprint density at radius 2 is 2.04 bits per heavy atom. The number of hydrogen-bond acceptors (Lipinski definition) is 5. The molecule has 1 aliphatic rings. The van der Waals surface area contributed by atoms with E-state index in [1.165, 1.54) is 25.3 Å². The minimum absolute atomic E-state index is 0.0129. The zero-order valence-electron chi connectivity index (χ0n) is 15.8. The summed E-state index contributed by atoms with van der Waals surface area (Å²) in [5.74, 6) is 0.634. The summed E-state index contributed by atoms with van der Waals surface area (Å²) in [5, 5.41) is 0.821. The SMILES string of the molecule is COC(=O)[C@H](C)Sc1nc2ccccc2c(=O)n1[C@H]1CCC[C@H](C)[C@H]1C. The molecular weight excluding hydrogens is 348 g/mol. The van der Waals surface area contributed by atoms with Crippen molar-refractivity contribution in [2.75, 3.05) is 7.11 Å². The maximum atomic E-state index is 13.3. The molecule has 0 radical (unpaired) electrons. The van der Waals surface area contributed by atoms with Crippen molar-refractivity contribution in [2.45, 2.75) is 56.5 Å². The fourth-order valence-electron chi connectivity index (χ4n) is 3.79. The molecule has 140 valence electrons. The van der Waals surface area contributed by atoms with Crippen LogP contribution in [-0.4, -0.2) is 27.9 Å². The first-order chi connectivity index (χ1) is 12.4. The van der Waals surface area contributed by atoms with E-state index in [0.29, 0.717) is 27.9 Å². The van der Waals surface area contributed by atoms with Crippen LogP contribution in [0.15, 0.2) is 34.2 Å². The number of carbonyl (C=O) groups excluding carboxylic acids is 1. The Morgan fingerprint density at radius 3 is 2.77 bits per heavy atom. The van der Waals surface area contributed by atoms with E-state index in [1.807, 2.05) is 28.8 Å². The lowest BCUT2D eigenvalue weighted by Gasteiger charge is -2.36. The molecule has 0 spiro atoms. The van der Waals surface area contributed by atoms with Crippen molar-refractivity contribution in [2.24, 2.45) is 11.8 Å². The second-order valence-corrected chi connectivity index (χ2v) is 8.51. The van der Waals surface area contributed by atoms with E-state index in [-0.39, 0.29) is 17.6 Å². The van der Waals surface area contributed by atoms with Gasteiger partial charge in [0.05, 0.1) is 18.0 Å². The lowest BCUT2D eigenvalue weighted by atomic mass is 9.78. The largest absolute Gasteiger partial charge is 0.468 e. The van der Waals surface area contributed by atoms with E-state index in [0.717, 1.165) is 12.8 Å². The van der Waals surface area contributed by atoms with Gasteiger partial charge in [0.1, 0.15) is 5.25 Å². The number of esters is 1. The van der Waals surface area contributed by atoms with Crippen molar-refractivity contribution in [1.29, 1.82) is 0 Å². The molecule has 0 amide bonds. The fourth-order valence-corrected chi connectivity index (χ4v) is 4.78. The van der Waals surface area contributed by atoms with Crippen LogP contribution in [0, 0.1) is 11.8 Å². The number of nitrogens with zero attached hydrogens (tertiary/aromatic N) is 2. The highest BCUT2D eigenvalue weighted by Crippen LogP contribution is 2.39. The zero-order valence-corrected chi connectivity index (χ0v) is 16.6. The third-order valence-corrected chi connectivity index (χ3v) is 6.63. The van der Waals surface area contributed by atoms with E-state index >= 15 is 0 Å². The van der Waals surface area contributed by atoms with Crippen LogP contribution in [0.25, 0.3) is 10.9 Å². The summed E-state index contributed by atoms with van der Waals surface area (Å²) in [6, 6.07) is 7.53. The Bertz CT molecular complexity index is 864. The molecule has 1 heterocycles. The number of rotatable bonds is 4. The average Bonchev–Trinajstić information content (AvgIpc) is 2.64. The topological polar surface area (TPSA) is 61.2 Å². The average molecular weight is 375 g/mol. The van der Waals surface area contributed by atoms with Gasteiger partial charge >= 0.3 is 5.97 Å². The highest BCUT2D eigenvalue weighted by atomic mass is 32.2. The van der Waals surface area contributed by atoms with Crippen LogP contribution in [0.1, 0.15) is 46.1 Å². The maximum absolute atomic E-state index is 13.3. The minimum atomic E-state index is -0.421. The van der Waals surface area contributed by atoms with Gasteiger partial charge in [-0.3, -0.25) is 14.2 Å². The van der Waals surface area contributed by atoms with Crippen molar-refractivity contribution in [3.05, 3.63) is 34.6 Å². The van der Waals surface area contributed by atoms with Gasteiger partial charge in [0.2, 0.25) is 0 Å². The summed E-state index contributed by atoms with van der Waals surface area (Å²) in [6.07, 6.45) is 3.26. The number of benzene rings is 1. The monoisotopic (exact) mass is 374 g/mol. The lowest BCUT2D eigenvalue weighted by molar-refractivity contribution is -0.139. The van der Waals surface area contributed by atoms with Gasteiger partial charge < -0.3 is 4.74 Å². The van der Waals surface area contributed by atoms with Crippen LogP contribution in [0.5, 0.6) is 0 Å². The highest BCUT2D eigenvalue weighted by Gasteiger charge is 2.32. The van der Waals surface area contributed by atoms with E-state index in [1.54, 1.807) is 6.92 Å². The molecule has 5 nitrogen and oxygen atoms in total. The number of methoxy groups -OCH3 is 1. The normalized spacial score (nSPS) is 24.4. The minimum Gasteiger partial charge on any atom is -0.468 e. The first-order valence-electron chi connectivity index (χ1n) is 9.19. The van der Waals surface area contributed by atoms with Crippen LogP contribution < -0.4 is 5.56 Å². The molecule has 1 aromatic carbocycles. The molecular formula is C20H26N2O3S. The van der Waals surface area contributed by atoms with Gasteiger partial charge in [-0.1, -0.05) is 50.6 Å². The molecule has 0 unspecified atom stereocenters. The van der Waals surface area contributed by atoms with Crippen molar-refractivity contribution in [1.82, 2.24) is 9.55 Å². The van der Waals surface area contributed by atoms with Crippen LogP contribution in [0.3, 0.4) is 0 Å². The Labute approximate surface area is 158 Å².